The molecule has 1 unspecified atom stereocenters. The summed E-state index contributed by atoms with van der Waals surface area (Å²) in [6.07, 6.45) is 0.327. The smallest absolute Gasteiger partial charge is 0.151 e. The Labute approximate surface area is 100 Å². The van der Waals surface area contributed by atoms with Gasteiger partial charge < -0.3 is 9.84 Å². The zero-order valence-corrected chi connectivity index (χ0v) is 10.1. The van der Waals surface area contributed by atoms with Crippen molar-refractivity contribution in [1.82, 2.24) is 0 Å². The molecule has 0 saturated heterocycles. The van der Waals surface area contributed by atoms with Crippen LogP contribution in [0.15, 0.2) is 10.5 Å². The molecule has 1 heterocycles. The lowest BCUT2D eigenvalue weighted by molar-refractivity contribution is 0.163. The van der Waals surface area contributed by atoms with Gasteiger partial charge in [-0.3, -0.25) is 0 Å². The summed E-state index contributed by atoms with van der Waals surface area (Å²) in [6.45, 7) is 0.476. The number of fused-ring (bicyclic) bond motifs is 1. The fourth-order valence-corrected chi connectivity index (χ4v) is 2.54. The van der Waals surface area contributed by atoms with Crippen molar-refractivity contribution >= 4 is 27.5 Å². The molecule has 2 rings (SSSR count). The van der Waals surface area contributed by atoms with E-state index in [0.29, 0.717) is 29.7 Å². The van der Waals surface area contributed by atoms with Crippen LogP contribution in [-0.2, 0) is 0 Å². The predicted molar refractivity (Wildman–Crippen MR) is 58.8 cm³/mol. The highest BCUT2D eigenvalue weighted by Gasteiger charge is 2.25. The number of halogens is 3. The number of hydrogen-bond acceptors (Lipinski definition) is 2. The maximum absolute atomic E-state index is 13.7. The van der Waals surface area contributed by atoms with Crippen molar-refractivity contribution in [3.05, 3.63) is 26.9 Å². The first-order valence-corrected chi connectivity index (χ1v) is 5.76. The third-order valence-corrected chi connectivity index (χ3v) is 3.23. The molecule has 0 fully saturated rings. The first-order chi connectivity index (χ1) is 7.11. The van der Waals surface area contributed by atoms with E-state index in [1.165, 1.54) is 6.07 Å². The standard InChI is InChI=1S/C10H9BrClFO2/c11-5-4-6(12)9(13)8-7(14)2-1-3-15-10(5)8/h4,7,14H,1-3H2. The van der Waals surface area contributed by atoms with Crippen LogP contribution in [0.5, 0.6) is 5.75 Å². The lowest BCUT2D eigenvalue weighted by Gasteiger charge is -2.14. The summed E-state index contributed by atoms with van der Waals surface area (Å²) in [4.78, 5) is 0. The monoisotopic (exact) mass is 294 g/mol. The van der Waals surface area contributed by atoms with Crippen LogP contribution in [0.4, 0.5) is 4.39 Å². The SMILES string of the molecule is OC1CCCOc2c(Br)cc(Cl)c(F)c21. The summed E-state index contributed by atoms with van der Waals surface area (Å²) >= 11 is 8.94. The van der Waals surface area contributed by atoms with E-state index in [2.05, 4.69) is 15.9 Å². The summed E-state index contributed by atoms with van der Waals surface area (Å²) < 4.78 is 19.7. The largest absolute Gasteiger partial charge is 0.492 e. The molecule has 0 aliphatic carbocycles. The highest BCUT2D eigenvalue weighted by atomic mass is 79.9. The van der Waals surface area contributed by atoms with E-state index in [9.17, 15) is 9.50 Å². The molecular weight excluding hydrogens is 286 g/mol. The fourth-order valence-electron chi connectivity index (χ4n) is 1.64. The number of rotatable bonds is 0. The van der Waals surface area contributed by atoms with E-state index < -0.39 is 11.9 Å². The molecule has 0 bridgehead atoms. The quantitative estimate of drug-likeness (QED) is 0.743. The van der Waals surface area contributed by atoms with Crippen LogP contribution in [0.1, 0.15) is 24.5 Å². The van der Waals surface area contributed by atoms with Gasteiger partial charge in [0.2, 0.25) is 0 Å². The number of benzene rings is 1. The van der Waals surface area contributed by atoms with Crippen LogP contribution >= 0.6 is 27.5 Å². The average Bonchev–Trinajstić information content (AvgIpc) is 2.37. The van der Waals surface area contributed by atoms with Crippen molar-refractivity contribution in [3.8, 4) is 5.75 Å². The Morgan fingerprint density at radius 2 is 2.33 bits per heavy atom. The summed E-state index contributed by atoms with van der Waals surface area (Å²) in [5, 5.41) is 9.76. The fraction of sp³-hybridized carbons (Fsp3) is 0.400. The molecule has 5 heteroatoms. The van der Waals surface area contributed by atoms with Gasteiger partial charge in [0.25, 0.3) is 0 Å². The molecule has 1 aliphatic heterocycles. The molecule has 0 radical (unpaired) electrons. The molecular formula is C10H9BrClFO2. The van der Waals surface area contributed by atoms with Gasteiger partial charge in [-0.05, 0) is 34.8 Å². The van der Waals surface area contributed by atoms with E-state index in [4.69, 9.17) is 16.3 Å². The minimum absolute atomic E-state index is 0.00910. The lowest BCUT2D eigenvalue weighted by Crippen LogP contribution is -2.02. The lowest BCUT2D eigenvalue weighted by atomic mass is 10.0. The second-order valence-corrected chi connectivity index (χ2v) is 4.67. The van der Waals surface area contributed by atoms with Crippen molar-refractivity contribution in [3.63, 3.8) is 0 Å². The average molecular weight is 296 g/mol. The van der Waals surface area contributed by atoms with Crippen LogP contribution < -0.4 is 4.74 Å². The number of hydrogen-bond donors (Lipinski definition) is 1. The van der Waals surface area contributed by atoms with Crippen LogP contribution in [0.25, 0.3) is 0 Å². The van der Waals surface area contributed by atoms with E-state index >= 15 is 0 Å². The molecule has 0 spiro atoms. The summed E-state index contributed by atoms with van der Waals surface area (Å²) in [6, 6.07) is 1.44. The maximum atomic E-state index is 13.7. The Hall–Kier alpha value is -0.320. The molecule has 1 aromatic carbocycles. The van der Waals surface area contributed by atoms with Gasteiger partial charge in [-0.25, -0.2) is 4.39 Å². The molecule has 82 valence electrons. The van der Waals surface area contributed by atoms with Gasteiger partial charge in [0.15, 0.2) is 5.82 Å². The minimum Gasteiger partial charge on any atom is -0.492 e. The van der Waals surface area contributed by atoms with Gasteiger partial charge in [-0.15, -0.1) is 0 Å². The molecule has 0 aromatic heterocycles. The van der Waals surface area contributed by atoms with Crippen molar-refractivity contribution in [1.29, 1.82) is 0 Å². The minimum atomic E-state index is -0.850. The third kappa shape index (κ3) is 1.98. The maximum Gasteiger partial charge on any atom is 0.151 e. The van der Waals surface area contributed by atoms with Gasteiger partial charge in [0, 0.05) is 0 Å². The van der Waals surface area contributed by atoms with Crippen molar-refractivity contribution in [2.24, 2.45) is 0 Å². The normalized spacial score (nSPS) is 20.4. The summed E-state index contributed by atoms with van der Waals surface area (Å²) in [5.41, 5.74) is 0.159. The van der Waals surface area contributed by atoms with Gasteiger partial charge in [-0.1, -0.05) is 11.6 Å². The molecule has 1 N–H and O–H groups in total. The third-order valence-electron chi connectivity index (χ3n) is 2.36. The predicted octanol–water partition coefficient (Wildman–Crippen LogP) is 3.45. The molecule has 0 saturated carbocycles. The van der Waals surface area contributed by atoms with E-state index in [-0.39, 0.29) is 10.6 Å². The van der Waals surface area contributed by atoms with E-state index in [0.717, 1.165) is 0 Å². The Morgan fingerprint density at radius 3 is 3.07 bits per heavy atom. The molecule has 15 heavy (non-hydrogen) atoms. The van der Waals surface area contributed by atoms with Crippen molar-refractivity contribution < 1.29 is 14.2 Å². The molecule has 1 aliphatic rings. The van der Waals surface area contributed by atoms with Gasteiger partial charge >= 0.3 is 0 Å². The van der Waals surface area contributed by atoms with Crippen LogP contribution in [0.3, 0.4) is 0 Å². The van der Waals surface area contributed by atoms with E-state index in [1.807, 2.05) is 0 Å². The second-order valence-electron chi connectivity index (χ2n) is 3.40. The molecule has 1 aromatic rings. The zero-order valence-electron chi connectivity index (χ0n) is 7.77. The Kier molecular flexibility index (Phi) is 3.19. The zero-order chi connectivity index (χ0) is 11.0. The Morgan fingerprint density at radius 1 is 1.60 bits per heavy atom. The van der Waals surface area contributed by atoms with Crippen LogP contribution in [-0.4, -0.2) is 11.7 Å². The van der Waals surface area contributed by atoms with Crippen molar-refractivity contribution in [2.45, 2.75) is 18.9 Å². The van der Waals surface area contributed by atoms with Crippen molar-refractivity contribution in [2.75, 3.05) is 6.61 Å². The first kappa shape index (κ1) is 11.2. The summed E-state index contributed by atoms with van der Waals surface area (Å²) in [7, 11) is 0. The Bertz CT molecular complexity index is 397. The van der Waals surface area contributed by atoms with Gasteiger partial charge in [0.05, 0.1) is 27.8 Å². The number of aliphatic hydroxyl groups is 1. The second kappa shape index (κ2) is 4.28. The molecule has 0 amide bonds. The van der Waals surface area contributed by atoms with Gasteiger partial charge in [0.1, 0.15) is 5.75 Å². The molecule has 1 atom stereocenters. The Balaban J connectivity index is 2.63. The molecule has 2 nitrogen and oxygen atoms in total. The number of aliphatic hydroxyl groups excluding tert-OH is 1. The van der Waals surface area contributed by atoms with E-state index in [1.54, 1.807) is 0 Å². The summed E-state index contributed by atoms with van der Waals surface area (Å²) in [5.74, 6) is -0.230. The first-order valence-electron chi connectivity index (χ1n) is 4.59. The van der Waals surface area contributed by atoms with Gasteiger partial charge in [-0.2, -0.15) is 0 Å². The highest BCUT2D eigenvalue weighted by molar-refractivity contribution is 9.10. The number of ether oxygens (including phenoxy) is 1. The van der Waals surface area contributed by atoms with Crippen LogP contribution in [0.2, 0.25) is 5.02 Å². The van der Waals surface area contributed by atoms with Crippen LogP contribution in [0, 0.1) is 5.82 Å². The highest BCUT2D eigenvalue weighted by Crippen LogP contribution is 2.41. The topological polar surface area (TPSA) is 29.5 Å².